The maximum absolute atomic E-state index is 13.7. The molecule has 1 heterocycles. The Morgan fingerprint density at radius 2 is 2.20 bits per heavy atom. The molecule has 0 spiro atoms. The van der Waals surface area contributed by atoms with Crippen molar-refractivity contribution in [2.24, 2.45) is 0 Å². The number of ether oxygens (including phenoxy) is 1. The van der Waals surface area contributed by atoms with Crippen molar-refractivity contribution >= 4 is 23.2 Å². The highest BCUT2D eigenvalue weighted by molar-refractivity contribution is 6.33. The zero-order valence-corrected chi connectivity index (χ0v) is 11.8. The van der Waals surface area contributed by atoms with Crippen LogP contribution < -0.4 is 5.32 Å². The predicted molar refractivity (Wildman–Crippen MR) is 73.5 cm³/mol. The number of rotatable bonds is 5. The molecule has 2 aromatic rings. The highest BCUT2D eigenvalue weighted by Crippen LogP contribution is 2.29. The molecule has 0 saturated carbocycles. The Balaban J connectivity index is 2.30. The molecule has 2 rings (SSSR count). The van der Waals surface area contributed by atoms with Crippen LogP contribution in [-0.2, 0) is 4.74 Å². The van der Waals surface area contributed by atoms with Gasteiger partial charge in [0, 0.05) is 25.6 Å². The molecule has 0 aliphatic rings. The molecule has 0 aliphatic carbocycles. The van der Waals surface area contributed by atoms with Crippen molar-refractivity contribution in [2.45, 2.75) is 13.0 Å². The van der Waals surface area contributed by atoms with E-state index in [4.69, 9.17) is 16.3 Å². The van der Waals surface area contributed by atoms with Crippen LogP contribution in [-0.4, -0.2) is 23.3 Å². The summed E-state index contributed by atoms with van der Waals surface area (Å²) >= 11 is 5.84. The van der Waals surface area contributed by atoms with Crippen molar-refractivity contribution in [2.75, 3.05) is 19.0 Å². The minimum Gasteiger partial charge on any atom is -0.383 e. The van der Waals surface area contributed by atoms with Crippen molar-refractivity contribution < 1.29 is 13.5 Å². The molecular weight excluding hydrogens is 288 g/mol. The molecule has 0 saturated heterocycles. The Morgan fingerprint density at radius 3 is 2.85 bits per heavy atom. The zero-order chi connectivity index (χ0) is 14.7. The van der Waals surface area contributed by atoms with Gasteiger partial charge in [0.1, 0.15) is 5.82 Å². The Kier molecular flexibility index (Phi) is 4.57. The molecule has 0 amide bonds. The topological polar surface area (TPSA) is 39.1 Å². The second-order valence-corrected chi connectivity index (χ2v) is 4.74. The van der Waals surface area contributed by atoms with Crippen molar-refractivity contribution in [3.8, 4) is 0 Å². The zero-order valence-electron chi connectivity index (χ0n) is 11.0. The number of nitrogens with one attached hydrogen (secondary N) is 1. The molecule has 7 heteroatoms. The maximum Gasteiger partial charge on any atom is 0.207 e. The summed E-state index contributed by atoms with van der Waals surface area (Å²) in [6.45, 7) is 2.41. The molecule has 0 aliphatic heterocycles. The Hall–Kier alpha value is -1.66. The van der Waals surface area contributed by atoms with Crippen molar-refractivity contribution in [1.29, 1.82) is 0 Å². The van der Waals surface area contributed by atoms with Gasteiger partial charge in [-0.3, -0.25) is 0 Å². The van der Waals surface area contributed by atoms with E-state index in [2.05, 4.69) is 10.3 Å². The largest absolute Gasteiger partial charge is 0.383 e. The molecule has 1 unspecified atom stereocenters. The number of aromatic nitrogens is 2. The number of imidazole rings is 1. The molecule has 1 N–H and O–H groups in total. The van der Waals surface area contributed by atoms with Gasteiger partial charge in [-0.15, -0.1) is 0 Å². The quantitative estimate of drug-likeness (QED) is 0.914. The first-order chi connectivity index (χ1) is 9.52. The Morgan fingerprint density at radius 1 is 1.45 bits per heavy atom. The molecule has 0 bridgehead atoms. The van der Waals surface area contributed by atoms with Crippen LogP contribution in [0.25, 0.3) is 0 Å². The molecule has 108 valence electrons. The van der Waals surface area contributed by atoms with E-state index in [1.54, 1.807) is 24.1 Å². The van der Waals surface area contributed by atoms with Crippen LogP contribution in [0.1, 0.15) is 13.0 Å². The summed E-state index contributed by atoms with van der Waals surface area (Å²) in [5, 5.41) is 2.73. The molecule has 1 aromatic carbocycles. The molecular formula is C13H14ClF2N3O. The smallest absolute Gasteiger partial charge is 0.207 e. The van der Waals surface area contributed by atoms with Gasteiger partial charge in [-0.2, -0.15) is 0 Å². The third-order valence-corrected chi connectivity index (χ3v) is 3.09. The van der Waals surface area contributed by atoms with Gasteiger partial charge in [-0.05, 0) is 13.0 Å². The first-order valence-electron chi connectivity index (χ1n) is 5.96. The number of nitrogens with zero attached hydrogens (tertiary/aromatic N) is 2. The third-order valence-electron chi connectivity index (χ3n) is 2.80. The fourth-order valence-corrected chi connectivity index (χ4v) is 2.10. The lowest BCUT2D eigenvalue weighted by atomic mass is 10.3. The number of anilines is 2. The van der Waals surface area contributed by atoms with Crippen LogP contribution in [0, 0.1) is 11.6 Å². The normalized spacial score (nSPS) is 12.4. The van der Waals surface area contributed by atoms with Crippen molar-refractivity contribution in [3.05, 3.63) is 41.2 Å². The van der Waals surface area contributed by atoms with E-state index in [1.165, 1.54) is 0 Å². The second kappa shape index (κ2) is 6.19. The number of hydrogen-bond donors (Lipinski definition) is 1. The van der Waals surface area contributed by atoms with E-state index in [1.807, 2.05) is 6.92 Å². The van der Waals surface area contributed by atoms with Crippen LogP contribution in [0.5, 0.6) is 0 Å². The fraction of sp³-hybridized carbons (Fsp3) is 0.308. The lowest BCUT2D eigenvalue weighted by Crippen LogP contribution is -2.13. The first-order valence-corrected chi connectivity index (χ1v) is 6.34. The Bertz CT molecular complexity index is 580. The van der Waals surface area contributed by atoms with Crippen LogP contribution >= 0.6 is 11.6 Å². The highest BCUT2D eigenvalue weighted by atomic mass is 35.5. The number of halogens is 3. The van der Waals surface area contributed by atoms with Gasteiger partial charge in [0.25, 0.3) is 0 Å². The third kappa shape index (κ3) is 3.08. The average molecular weight is 302 g/mol. The molecule has 20 heavy (non-hydrogen) atoms. The molecule has 0 radical (unpaired) electrons. The van der Waals surface area contributed by atoms with E-state index < -0.39 is 11.6 Å². The average Bonchev–Trinajstić information content (AvgIpc) is 2.82. The number of hydrogen-bond acceptors (Lipinski definition) is 3. The summed E-state index contributed by atoms with van der Waals surface area (Å²) in [4.78, 5) is 4.10. The predicted octanol–water partition coefficient (Wildman–Crippen LogP) is 3.77. The molecule has 4 nitrogen and oxygen atoms in total. The standard InChI is InChI=1S/C13H14ClF2N3O/c1-8(7-20-2)19-4-3-17-13(19)18-12-10(14)5-9(15)6-11(12)16/h3-6,8H,7H2,1-2H3,(H,17,18). The van der Waals surface area contributed by atoms with Gasteiger partial charge in [-0.25, -0.2) is 13.8 Å². The van der Waals surface area contributed by atoms with E-state index in [0.717, 1.165) is 12.1 Å². The van der Waals surface area contributed by atoms with E-state index in [-0.39, 0.29) is 16.8 Å². The fourth-order valence-electron chi connectivity index (χ4n) is 1.86. The summed E-state index contributed by atoms with van der Waals surface area (Å²) in [6, 6.07) is 1.81. The maximum atomic E-state index is 13.7. The van der Waals surface area contributed by atoms with Gasteiger partial charge in [-0.1, -0.05) is 11.6 Å². The highest BCUT2D eigenvalue weighted by Gasteiger charge is 2.15. The summed E-state index contributed by atoms with van der Waals surface area (Å²) in [5.74, 6) is -1.10. The van der Waals surface area contributed by atoms with E-state index in [0.29, 0.717) is 12.6 Å². The number of methoxy groups -OCH3 is 1. The molecule has 1 aromatic heterocycles. The van der Waals surface area contributed by atoms with Crippen molar-refractivity contribution in [1.82, 2.24) is 9.55 Å². The first kappa shape index (κ1) is 14.7. The van der Waals surface area contributed by atoms with Gasteiger partial charge >= 0.3 is 0 Å². The van der Waals surface area contributed by atoms with Crippen LogP contribution in [0.4, 0.5) is 20.4 Å². The lowest BCUT2D eigenvalue weighted by molar-refractivity contribution is 0.163. The SMILES string of the molecule is COCC(C)n1ccnc1Nc1c(F)cc(F)cc1Cl. The van der Waals surface area contributed by atoms with Crippen molar-refractivity contribution in [3.63, 3.8) is 0 Å². The molecule has 0 fully saturated rings. The van der Waals surface area contributed by atoms with Crippen LogP contribution in [0.2, 0.25) is 5.02 Å². The second-order valence-electron chi connectivity index (χ2n) is 4.33. The Labute approximate surface area is 120 Å². The van der Waals surface area contributed by atoms with Gasteiger partial charge in [0.15, 0.2) is 5.82 Å². The lowest BCUT2D eigenvalue weighted by Gasteiger charge is -2.17. The summed E-state index contributed by atoms with van der Waals surface area (Å²) in [5.41, 5.74) is -0.00914. The minimum atomic E-state index is -0.774. The van der Waals surface area contributed by atoms with E-state index >= 15 is 0 Å². The number of benzene rings is 1. The van der Waals surface area contributed by atoms with Crippen LogP contribution in [0.3, 0.4) is 0 Å². The summed E-state index contributed by atoms with van der Waals surface area (Å²) < 4.78 is 33.6. The minimum absolute atomic E-state index is 0.00675. The molecule has 1 atom stereocenters. The monoisotopic (exact) mass is 301 g/mol. The summed E-state index contributed by atoms with van der Waals surface area (Å²) in [6.07, 6.45) is 3.31. The van der Waals surface area contributed by atoms with Gasteiger partial charge < -0.3 is 14.6 Å². The van der Waals surface area contributed by atoms with Crippen LogP contribution in [0.15, 0.2) is 24.5 Å². The van der Waals surface area contributed by atoms with E-state index in [9.17, 15) is 8.78 Å². The van der Waals surface area contributed by atoms with Gasteiger partial charge in [0.05, 0.1) is 23.4 Å². The van der Waals surface area contributed by atoms with Gasteiger partial charge in [0.2, 0.25) is 5.95 Å². The summed E-state index contributed by atoms with van der Waals surface area (Å²) in [7, 11) is 1.59.